The van der Waals surface area contributed by atoms with E-state index in [0.29, 0.717) is 5.75 Å². The van der Waals surface area contributed by atoms with E-state index in [2.05, 4.69) is 11.6 Å². The minimum atomic E-state index is -0.402. The minimum Gasteiger partial charge on any atom is -0.437 e. The molecule has 0 saturated heterocycles. The number of nitrogens with zero attached hydrogens (tertiary/aromatic N) is 1. The predicted octanol–water partition coefficient (Wildman–Crippen LogP) is 2.83. The van der Waals surface area contributed by atoms with Crippen molar-refractivity contribution in [1.29, 1.82) is 0 Å². The summed E-state index contributed by atoms with van der Waals surface area (Å²) in [5, 5.41) is 0. The molecule has 0 aliphatic rings. The number of rotatable bonds is 4. The van der Waals surface area contributed by atoms with Gasteiger partial charge in [0.1, 0.15) is 11.6 Å². The van der Waals surface area contributed by atoms with Crippen LogP contribution in [-0.2, 0) is 0 Å². The van der Waals surface area contributed by atoms with E-state index in [0.717, 1.165) is 0 Å². The Bertz CT molecular complexity index is 458. The van der Waals surface area contributed by atoms with Gasteiger partial charge < -0.3 is 10.5 Å². The molecule has 0 fully saturated rings. The molecule has 0 unspecified atom stereocenters. The largest absolute Gasteiger partial charge is 0.437 e. The Labute approximate surface area is 104 Å². The van der Waals surface area contributed by atoms with Gasteiger partial charge in [-0.25, -0.2) is 9.38 Å². The smallest absolute Gasteiger partial charge is 0.242 e. The molecule has 0 aliphatic carbocycles. The van der Waals surface area contributed by atoms with Gasteiger partial charge >= 0.3 is 0 Å². The zero-order chi connectivity index (χ0) is 12.7. The van der Waals surface area contributed by atoms with Gasteiger partial charge in [0.15, 0.2) is 0 Å². The fourth-order valence-corrected chi connectivity index (χ4v) is 1.22. The molecule has 0 aliphatic heterocycles. The maximum atomic E-state index is 12.9. The van der Waals surface area contributed by atoms with Crippen molar-refractivity contribution in [3.05, 3.63) is 54.6 Å². The fraction of sp³-hybridized carbons (Fsp3) is 0.0833. The molecule has 1 aromatic rings. The number of hydrogen-bond donors (Lipinski definition) is 1. The third kappa shape index (κ3) is 4.28. The number of alkyl halides is 1. The lowest BCUT2D eigenvalue weighted by atomic mass is 10.3. The summed E-state index contributed by atoms with van der Waals surface area (Å²) in [6.07, 6.45) is 2.81. The number of hydrogen-bond acceptors (Lipinski definition) is 3. The number of allylic oxidation sites excluding steroid dienone is 1. The van der Waals surface area contributed by atoms with Crippen LogP contribution in [0.15, 0.2) is 53.8 Å². The van der Waals surface area contributed by atoms with Crippen LogP contribution in [0.3, 0.4) is 0 Å². The maximum Gasteiger partial charge on any atom is 0.242 e. The first-order valence-corrected chi connectivity index (χ1v) is 5.35. The standard InChI is InChI=1S/C12H12ClFN2O/c1-2-16-12(11(15)6-7-13)17-10-5-3-4-9(14)8-10/h2-6,8H,1,7,15H2/b11-6+,16-12?. The summed E-state index contributed by atoms with van der Waals surface area (Å²) in [7, 11) is 0. The molecule has 0 spiro atoms. The number of aliphatic imine (C=N–C) groups is 1. The summed E-state index contributed by atoms with van der Waals surface area (Å²) >= 11 is 5.52. The molecular formula is C12H12ClFN2O. The van der Waals surface area contributed by atoms with Crippen molar-refractivity contribution >= 4 is 17.5 Å². The van der Waals surface area contributed by atoms with Crippen LogP contribution in [0.1, 0.15) is 0 Å². The Balaban J connectivity index is 2.92. The lowest BCUT2D eigenvalue weighted by molar-refractivity contribution is 0.538. The molecular weight excluding hydrogens is 243 g/mol. The van der Waals surface area contributed by atoms with Crippen LogP contribution in [0, 0.1) is 5.82 Å². The molecule has 17 heavy (non-hydrogen) atoms. The molecule has 3 nitrogen and oxygen atoms in total. The second-order valence-electron chi connectivity index (χ2n) is 2.99. The molecule has 0 bridgehead atoms. The van der Waals surface area contributed by atoms with E-state index in [1.165, 1.54) is 30.5 Å². The highest BCUT2D eigenvalue weighted by molar-refractivity contribution is 6.19. The Morgan fingerprint density at radius 2 is 2.35 bits per heavy atom. The lowest BCUT2D eigenvalue weighted by Crippen LogP contribution is -2.18. The summed E-state index contributed by atoms with van der Waals surface area (Å²) in [5.41, 5.74) is 5.95. The van der Waals surface area contributed by atoms with Crippen LogP contribution in [0.4, 0.5) is 4.39 Å². The molecule has 1 rings (SSSR count). The van der Waals surface area contributed by atoms with Gasteiger partial charge in [0.2, 0.25) is 5.90 Å². The number of benzene rings is 1. The Kier molecular flexibility index (Phi) is 5.23. The van der Waals surface area contributed by atoms with Crippen molar-refractivity contribution in [1.82, 2.24) is 0 Å². The Morgan fingerprint density at radius 1 is 1.59 bits per heavy atom. The molecule has 0 radical (unpaired) electrons. The summed E-state index contributed by atoms with van der Waals surface area (Å²) in [4.78, 5) is 3.85. The first-order chi connectivity index (χ1) is 8.17. The number of halogens is 2. The van der Waals surface area contributed by atoms with Gasteiger partial charge in [-0.05, 0) is 18.2 Å². The van der Waals surface area contributed by atoms with Crippen molar-refractivity contribution in [3.63, 3.8) is 0 Å². The van der Waals surface area contributed by atoms with E-state index >= 15 is 0 Å². The summed E-state index contributed by atoms with van der Waals surface area (Å²) in [5.74, 6) is 0.261. The highest BCUT2D eigenvalue weighted by atomic mass is 35.5. The zero-order valence-corrected chi connectivity index (χ0v) is 9.82. The lowest BCUT2D eigenvalue weighted by Gasteiger charge is -2.08. The average Bonchev–Trinajstić information content (AvgIpc) is 2.29. The SMILES string of the molecule is C=CN=C(Oc1cccc(F)c1)/C(N)=C\CCl. The van der Waals surface area contributed by atoms with E-state index in [1.54, 1.807) is 6.07 Å². The number of nitrogens with two attached hydrogens (primary N) is 1. The zero-order valence-electron chi connectivity index (χ0n) is 9.07. The Hall–Kier alpha value is -1.81. The van der Waals surface area contributed by atoms with Gasteiger partial charge in [-0.2, -0.15) is 0 Å². The molecule has 2 N–H and O–H groups in total. The van der Waals surface area contributed by atoms with Gasteiger partial charge in [0.25, 0.3) is 0 Å². The normalized spacial score (nSPS) is 12.4. The van der Waals surface area contributed by atoms with E-state index in [4.69, 9.17) is 22.1 Å². The van der Waals surface area contributed by atoms with Gasteiger partial charge in [0.05, 0.1) is 5.70 Å². The van der Waals surface area contributed by atoms with Crippen LogP contribution >= 0.6 is 11.6 Å². The van der Waals surface area contributed by atoms with Gasteiger partial charge in [-0.15, -0.1) is 11.6 Å². The van der Waals surface area contributed by atoms with Crippen molar-refractivity contribution in [2.75, 3.05) is 5.88 Å². The summed E-state index contributed by atoms with van der Waals surface area (Å²) < 4.78 is 18.3. The van der Waals surface area contributed by atoms with Crippen molar-refractivity contribution < 1.29 is 9.13 Å². The van der Waals surface area contributed by atoms with Crippen LogP contribution < -0.4 is 10.5 Å². The molecule has 0 heterocycles. The van der Waals surface area contributed by atoms with Crippen molar-refractivity contribution in [3.8, 4) is 5.75 Å². The van der Waals surface area contributed by atoms with Crippen LogP contribution in [-0.4, -0.2) is 11.8 Å². The van der Waals surface area contributed by atoms with E-state index in [9.17, 15) is 4.39 Å². The third-order valence-electron chi connectivity index (χ3n) is 1.76. The second-order valence-corrected chi connectivity index (χ2v) is 3.30. The highest BCUT2D eigenvalue weighted by Crippen LogP contribution is 2.13. The molecule has 0 amide bonds. The molecule has 0 saturated carbocycles. The molecule has 1 aromatic carbocycles. The molecule has 0 atom stereocenters. The summed E-state index contributed by atoms with van der Waals surface area (Å²) in [6, 6.07) is 5.66. The van der Waals surface area contributed by atoms with Crippen LogP contribution in [0.2, 0.25) is 0 Å². The molecule has 5 heteroatoms. The van der Waals surface area contributed by atoms with Gasteiger partial charge in [-0.1, -0.05) is 12.6 Å². The Morgan fingerprint density at radius 3 is 2.94 bits per heavy atom. The fourth-order valence-electron chi connectivity index (χ4n) is 1.06. The van der Waals surface area contributed by atoms with Crippen LogP contribution in [0.5, 0.6) is 5.75 Å². The first-order valence-electron chi connectivity index (χ1n) is 4.81. The van der Waals surface area contributed by atoms with E-state index in [-0.39, 0.29) is 17.5 Å². The number of ether oxygens (including phenoxy) is 1. The van der Waals surface area contributed by atoms with Crippen LogP contribution in [0.25, 0.3) is 0 Å². The van der Waals surface area contributed by atoms with Gasteiger partial charge in [-0.3, -0.25) is 0 Å². The second kappa shape index (κ2) is 6.70. The van der Waals surface area contributed by atoms with Crippen molar-refractivity contribution in [2.24, 2.45) is 10.7 Å². The monoisotopic (exact) mass is 254 g/mol. The van der Waals surface area contributed by atoms with Crippen molar-refractivity contribution in [2.45, 2.75) is 0 Å². The quantitative estimate of drug-likeness (QED) is 0.510. The predicted molar refractivity (Wildman–Crippen MR) is 67.7 cm³/mol. The maximum absolute atomic E-state index is 12.9. The highest BCUT2D eigenvalue weighted by Gasteiger charge is 2.06. The topological polar surface area (TPSA) is 47.6 Å². The summed E-state index contributed by atoms with van der Waals surface area (Å²) in [6.45, 7) is 3.44. The van der Waals surface area contributed by atoms with Gasteiger partial charge in [0, 0.05) is 18.1 Å². The minimum absolute atomic E-state index is 0.131. The van der Waals surface area contributed by atoms with E-state index < -0.39 is 5.82 Å². The third-order valence-corrected chi connectivity index (χ3v) is 1.92. The molecule has 90 valence electrons. The first kappa shape index (κ1) is 13.3. The van der Waals surface area contributed by atoms with E-state index in [1.807, 2.05) is 0 Å². The molecule has 0 aromatic heterocycles. The average molecular weight is 255 g/mol.